The van der Waals surface area contributed by atoms with Crippen molar-refractivity contribution in [2.45, 2.75) is 50.7 Å². The number of urea groups is 1. The maximum Gasteiger partial charge on any atom is 0.317 e. The molecule has 2 unspecified atom stereocenters. The van der Waals surface area contributed by atoms with Crippen molar-refractivity contribution in [1.82, 2.24) is 10.2 Å². The molecule has 2 saturated carbocycles. The molecule has 2 amide bonds. The minimum absolute atomic E-state index is 0.0984. The second-order valence-corrected chi connectivity index (χ2v) is 7.45. The number of carbonyl (C=O) groups is 2. The summed E-state index contributed by atoms with van der Waals surface area (Å²) < 4.78 is 5.76. The van der Waals surface area contributed by atoms with Gasteiger partial charge in [-0.05, 0) is 43.9 Å². The second kappa shape index (κ2) is 5.11. The van der Waals surface area contributed by atoms with Gasteiger partial charge in [-0.1, -0.05) is 6.42 Å². The summed E-state index contributed by atoms with van der Waals surface area (Å²) >= 11 is 0. The number of amides is 2. The molecule has 4 fully saturated rings. The van der Waals surface area contributed by atoms with Gasteiger partial charge in [0.25, 0.3) is 0 Å². The number of carbonyl (C=O) groups excluding carboxylic acids is 1. The number of hydrogen-bond acceptors (Lipinski definition) is 3. The third kappa shape index (κ3) is 2.19. The lowest BCUT2D eigenvalue weighted by Crippen LogP contribution is -2.48. The Morgan fingerprint density at radius 1 is 1.23 bits per heavy atom. The lowest BCUT2D eigenvalue weighted by molar-refractivity contribution is -0.149. The number of carboxylic acids is 1. The minimum atomic E-state index is -0.731. The van der Waals surface area contributed by atoms with Gasteiger partial charge in [0.1, 0.15) is 0 Å². The molecule has 4 atom stereocenters. The summed E-state index contributed by atoms with van der Waals surface area (Å²) in [7, 11) is 0. The van der Waals surface area contributed by atoms with E-state index in [9.17, 15) is 14.7 Å². The van der Waals surface area contributed by atoms with Crippen molar-refractivity contribution in [1.29, 1.82) is 0 Å². The van der Waals surface area contributed by atoms with Gasteiger partial charge >= 0.3 is 12.0 Å². The second-order valence-electron chi connectivity index (χ2n) is 7.45. The van der Waals surface area contributed by atoms with Crippen LogP contribution in [0.5, 0.6) is 0 Å². The summed E-state index contributed by atoms with van der Waals surface area (Å²) in [5, 5.41) is 12.7. The first kappa shape index (κ1) is 14.3. The van der Waals surface area contributed by atoms with Crippen molar-refractivity contribution in [3.63, 3.8) is 0 Å². The lowest BCUT2D eigenvalue weighted by Gasteiger charge is -2.26. The minimum Gasteiger partial charge on any atom is -0.481 e. The molecule has 2 aliphatic heterocycles. The third-order valence-electron chi connectivity index (χ3n) is 6.12. The molecule has 6 nitrogen and oxygen atoms in total. The van der Waals surface area contributed by atoms with E-state index in [1.807, 2.05) is 0 Å². The summed E-state index contributed by atoms with van der Waals surface area (Å²) in [4.78, 5) is 26.0. The first-order chi connectivity index (χ1) is 10.6. The molecule has 0 aromatic rings. The Bertz CT molecular complexity index is 493. The average molecular weight is 308 g/mol. The fourth-order valence-corrected chi connectivity index (χ4v) is 4.70. The Hall–Kier alpha value is -1.30. The maximum absolute atomic E-state index is 12.6. The SMILES string of the molecule is O=C(NC1CCOC1C1CC1)N1C[C@@H]2CCC[C@@]2(C(=O)O)C1. The fraction of sp³-hybridized carbons (Fsp3) is 0.875. The van der Waals surface area contributed by atoms with Crippen molar-refractivity contribution in [2.24, 2.45) is 17.3 Å². The number of likely N-dealkylation sites (tertiary alicyclic amines) is 1. The highest BCUT2D eigenvalue weighted by atomic mass is 16.5. The van der Waals surface area contributed by atoms with Crippen LogP contribution < -0.4 is 5.32 Å². The van der Waals surface area contributed by atoms with E-state index in [0.29, 0.717) is 32.0 Å². The van der Waals surface area contributed by atoms with Crippen LogP contribution in [0.2, 0.25) is 0 Å². The molecule has 2 aliphatic carbocycles. The molecule has 0 aromatic heterocycles. The maximum atomic E-state index is 12.6. The van der Waals surface area contributed by atoms with Crippen LogP contribution >= 0.6 is 0 Å². The van der Waals surface area contributed by atoms with E-state index >= 15 is 0 Å². The molecule has 0 radical (unpaired) electrons. The number of rotatable bonds is 3. The van der Waals surface area contributed by atoms with E-state index in [4.69, 9.17) is 4.74 Å². The van der Waals surface area contributed by atoms with E-state index < -0.39 is 11.4 Å². The van der Waals surface area contributed by atoms with Crippen LogP contribution in [0.3, 0.4) is 0 Å². The summed E-state index contributed by atoms with van der Waals surface area (Å²) in [5.41, 5.74) is -0.695. The zero-order valence-electron chi connectivity index (χ0n) is 12.8. The molecule has 0 bridgehead atoms. The Morgan fingerprint density at radius 2 is 2.05 bits per heavy atom. The molecule has 0 spiro atoms. The van der Waals surface area contributed by atoms with Crippen LogP contribution in [0.4, 0.5) is 4.79 Å². The van der Waals surface area contributed by atoms with Gasteiger partial charge < -0.3 is 20.1 Å². The van der Waals surface area contributed by atoms with E-state index in [1.165, 1.54) is 12.8 Å². The molecule has 2 N–H and O–H groups in total. The monoisotopic (exact) mass is 308 g/mol. The Kier molecular flexibility index (Phi) is 3.33. The van der Waals surface area contributed by atoms with Crippen LogP contribution in [-0.4, -0.2) is 53.8 Å². The number of nitrogens with zero attached hydrogens (tertiary/aromatic N) is 1. The zero-order chi connectivity index (χ0) is 15.3. The molecular formula is C16H24N2O4. The van der Waals surface area contributed by atoms with E-state index in [-0.39, 0.29) is 24.1 Å². The predicted molar refractivity (Wildman–Crippen MR) is 78.4 cm³/mol. The van der Waals surface area contributed by atoms with Crippen LogP contribution in [0.1, 0.15) is 38.5 Å². The highest BCUT2D eigenvalue weighted by Crippen LogP contribution is 2.49. The fourth-order valence-electron chi connectivity index (χ4n) is 4.70. The van der Waals surface area contributed by atoms with Crippen LogP contribution in [-0.2, 0) is 9.53 Å². The third-order valence-corrected chi connectivity index (χ3v) is 6.12. The highest BCUT2D eigenvalue weighted by molar-refractivity contribution is 5.80. The van der Waals surface area contributed by atoms with E-state index in [2.05, 4.69) is 5.32 Å². The van der Waals surface area contributed by atoms with Crippen LogP contribution in [0.25, 0.3) is 0 Å². The summed E-state index contributed by atoms with van der Waals surface area (Å²) in [6.45, 7) is 1.66. The first-order valence-corrected chi connectivity index (χ1v) is 8.50. The van der Waals surface area contributed by atoms with Gasteiger partial charge in [-0.3, -0.25) is 4.79 Å². The van der Waals surface area contributed by atoms with Gasteiger partial charge in [-0.25, -0.2) is 4.79 Å². The molecule has 4 aliphatic rings. The summed E-state index contributed by atoms with van der Waals surface area (Å²) in [5.74, 6) is -0.00344. The lowest BCUT2D eigenvalue weighted by atomic mass is 9.81. The topological polar surface area (TPSA) is 78.9 Å². The summed E-state index contributed by atoms with van der Waals surface area (Å²) in [6.07, 6.45) is 6.03. The molecule has 4 rings (SSSR count). The van der Waals surface area contributed by atoms with Crippen molar-refractivity contribution >= 4 is 12.0 Å². The molecule has 0 aromatic carbocycles. The smallest absolute Gasteiger partial charge is 0.317 e. The van der Waals surface area contributed by atoms with Crippen LogP contribution in [0.15, 0.2) is 0 Å². The average Bonchev–Trinajstić information content (AvgIpc) is 2.93. The quantitative estimate of drug-likeness (QED) is 0.827. The summed E-state index contributed by atoms with van der Waals surface area (Å²) in [6, 6.07) is -0.00241. The number of ether oxygens (including phenoxy) is 1. The molecule has 2 saturated heterocycles. The van der Waals surface area contributed by atoms with Crippen molar-refractivity contribution < 1.29 is 19.4 Å². The van der Waals surface area contributed by atoms with Gasteiger partial charge in [0, 0.05) is 19.7 Å². The Labute approximate surface area is 130 Å². The molecule has 2 heterocycles. The van der Waals surface area contributed by atoms with Crippen molar-refractivity contribution in [3.8, 4) is 0 Å². The van der Waals surface area contributed by atoms with Gasteiger partial charge in [-0.2, -0.15) is 0 Å². The zero-order valence-corrected chi connectivity index (χ0v) is 12.8. The largest absolute Gasteiger partial charge is 0.481 e. The molecule has 6 heteroatoms. The van der Waals surface area contributed by atoms with E-state index in [1.54, 1.807) is 4.90 Å². The highest BCUT2D eigenvalue weighted by Gasteiger charge is 2.56. The number of carboxylic acid groups (broad SMARTS) is 1. The number of hydrogen-bond donors (Lipinski definition) is 2. The molecule has 122 valence electrons. The van der Waals surface area contributed by atoms with Crippen molar-refractivity contribution in [3.05, 3.63) is 0 Å². The van der Waals surface area contributed by atoms with Crippen molar-refractivity contribution in [2.75, 3.05) is 19.7 Å². The van der Waals surface area contributed by atoms with Gasteiger partial charge in [0.15, 0.2) is 0 Å². The normalized spacial score (nSPS) is 40.7. The van der Waals surface area contributed by atoms with Gasteiger partial charge in [-0.15, -0.1) is 0 Å². The Balaban J connectivity index is 1.40. The standard InChI is InChI=1S/C16H24N2O4/c19-14(20)16-6-1-2-11(16)8-18(9-16)15(21)17-12-5-7-22-13(12)10-3-4-10/h10-13H,1-9H2,(H,17,21)(H,19,20)/t11-,12?,13?,16+/m0/s1. The van der Waals surface area contributed by atoms with E-state index in [0.717, 1.165) is 19.3 Å². The van der Waals surface area contributed by atoms with Crippen LogP contribution in [0, 0.1) is 17.3 Å². The molecule has 22 heavy (non-hydrogen) atoms. The van der Waals surface area contributed by atoms with Gasteiger partial charge in [0.05, 0.1) is 17.6 Å². The first-order valence-electron chi connectivity index (χ1n) is 8.50. The number of aliphatic carboxylic acids is 1. The number of nitrogens with one attached hydrogen (secondary N) is 1. The Morgan fingerprint density at radius 3 is 2.73 bits per heavy atom. The predicted octanol–water partition coefficient (Wildman–Crippen LogP) is 1.45. The van der Waals surface area contributed by atoms with Gasteiger partial charge in [0.2, 0.25) is 0 Å². The molecular weight excluding hydrogens is 284 g/mol. The number of fused-ring (bicyclic) bond motifs is 1.